The summed E-state index contributed by atoms with van der Waals surface area (Å²) in [5.74, 6) is 2.24. The predicted molar refractivity (Wildman–Crippen MR) is 66.2 cm³/mol. The molecule has 86 valence electrons. The number of aldehydes is 1. The molecule has 0 N–H and O–H groups in total. The maximum atomic E-state index is 10.7. The van der Waals surface area contributed by atoms with E-state index >= 15 is 0 Å². The molecule has 0 bridgehead atoms. The van der Waals surface area contributed by atoms with Crippen LogP contribution in [-0.2, 0) is 4.79 Å². The number of carbonyl (C=O) groups excluding carboxylic acids is 1. The Balaban J connectivity index is 1.78. The fraction of sp³-hybridized carbons (Fsp3) is 0.923. The van der Waals surface area contributed by atoms with Crippen LogP contribution in [0.1, 0.15) is 51.4 Å². The fourth-order valence-electron chi connectivity index (χ4n) is 3.33. The summed E-state index contributed by atoms with van der Waals surface area (Å²) in [6.07, 6.45) is 11.4. The summed E-state index contributed by atoms with van der Waals surface area (Å²) in [5, 5.41) is 0.660. The molecule has 0 aromatic rings. The van der Waals surface area contributed by atoms with Crippen molar-refractivity contribution in [3.8, 4) is 0 Å². The molecule has 0 saturated heterocycles. The Bertz CT molecular complexity index is 201. The second-order valence-corrected chi connectivity index (χ2v) is 6.11. The maximum absolute atomic E-state index is 10.7. The van der Waals surface area contributed by atoms with Gasteiger partial charge in [-0.3, -0.25) is 0 Å². The van der Waals surface area contributed by atoms with Crippen LogP contribution in [0.25, 0.3) is 0 Å². The van der Waals surface area contributed by atoms with Gasteiger partial charge in [0.1, 0.15) is 6.29 Å². The van der Waals surface area contributed by atoms with Gasteiger partial charge in [0.2, 0.25) is 0 Å². The standard InChI is InChI=1S/C13H22OS/c14-9-10-1-3-11(4-2-10)12-5-7-13(15)8-6-12/h9-13,15H,1-8H2. The van der Waals surface area contributed by atoms with Crippen molar-refractivity contribution < 1.29 is 4.79 Å². The Hall–Kier alpha value is 0.0200. The van der Waals surface area contributed by atoms with Gasteiger partial charge in [-0.15, -0.1) is 0 Å². The van der Waals surface area contributed by atoms with Gasteiger partial charge >= 0.3 is 0 Å². The molecule has 2 rings (SSSR count). The average molecular weight is 226 g/mol. The van der Waals surface area contributed by atoms with Gasteiger partial charge in [-0.25, -0.2) is 0 Å². The zero-order valence-corrected chi connectivity index (χ0v) is 10.3. The largest absolute Gasteiger partial charge is 0.303 e. The normalized spacial score (nSPS) is 42.5. The first kappa shape index (κ1) is 11.5. The van der Waals surface area contributed by atoms with Crippen LogP contribution in [0, 0.1) is 17.8 Å². The van der Waals surface area contributed by atoms with E-state index in [4.69, 9.17) is 0 Å². The van der Waals surface area contributed by atoms with Gasteiger partial charge in [-0.2, -0.15) is 12.6 Å². The third kappa shape index (κ3) is 2.99. The zero-order valence-electron chi connectivity index (χ0n) is 9.40. The Labute approximate surface area is 98.4 Å². The molecule has 0 atom stereocenters. The molecule has 2 heteroatoms. The Morgan fingerprint density at radius 2 is 1.27 bits per heavy atom. The SMILES string of the molecule is O=CC1CCC(C2CCC(S)CC2)CC1. The van der Waals surface area contributed by atoms with Crippen LogP contribution < -0.4 is 0 Å². The van der Waals surface area contributed by atoms with Gasteiger partial charge in [0.05, 0.1) is 0 Å². The van der Waals surface area contributed by atoms with Gasteiger partial charge in [-0.05, 0) is 63.2 Å². The predicted octanol–water partition coefficient (Wildman–Crippen LogP) is 3.48. The van der Waals surface area contributed by atoms with E-state index in [1.807, 2.05) is 0 Å². The number of hydrogen-bond donors (Lipinski definition) is 1. The van der Waals surface area contributed by atoms with Crippen LogP contribution in [-0.4, -0.2) is 11.5 Å². The van der Waals surface area contributed by atoms with Gasteiger partial charge in [0.15, 0.2) is 0 Å². The van der Waals surface area contributed by atoms with Crippen molar-refractivity contribution in [1.29, 1.82) is 0 Å². The topological polar surface area (TPSA) is 17.1 Å². The molecule has 2 saturated carbocycles. The van der Waals surface area contributed by atoms with E-state index in [9.17, 15) is 4.79 Å². The summed E-state index contributed by atoms with van der Waals surface area (Å²) in [7, 11) is 0. The monoisotopic (exact) mass is 226 g/mol. The molecular formula is C13H22OS. The Morgan fingerprint density at radius 1 is 0.800 bits per heavy atom. The minimum Gasteiger partial charge on any atom is -0.303 e. The first-order valence-corrected chi connectivity index (χ1v) is 6.94. The second kappa shape index (κ2) is 5.38. The lowest BCUT2D eigenvalue weighted by atomic mass is 9.71. The molecule has 0 amide bonds. The van der Waals surface area contributed by atoms with Crippen molar-refractivity contribution in [2.75, 3.05) is 0 Å². The quantitative estimate of drug-likeness (QED) is 0.563. The number of thiol groups is 1. The molecule has 0 unspecified atom stereocenters. The van der Waals surface area contributed by atoms with E-state index in [-0.39, 0.29) is 0 Å². The molecule has 0 aromatic carbocycles. The first-order chi connectivity index (χ1) is 7.29. The highest BCUT2D eigenvalue weighted by Crippen LogP contribution is 2.40. The highest BCUT2D eigenvalue weighted by atomic mass is 32.1. The molecule has 2 aliphatic rings. The van der Waals surface area contributed by atoms with E-state index in [0.717, 1.165) is 24.7 Å². The fourth-order valence-corrected chi connectivity index (χ4v) is 3.62. The Morgan fingerprint density at radius 3 is 1.73 bits per heavy atom. The van der Waals surface area contributed by atoms with E-state index < -0.39 is 0 Å². The number of rotatable bonds is 2. The van der Waals surface area contributed by atoms with Crippen molar-refractivity contribution in [1.82, 2.24) is 0 Å². The van der Waals surface area contributed by atoms with E-state index in [1.165, 1.54) is 44.8 Å². The van der Waals surface area contributed by atoms with Crippen LogP contribution in [0.2, 0.25) is 0 Å². The van der Waals surface area contributed by atoms with Crippen molar-refractivity contribution in [3.63, 3.8) is 0 Å². The molecule has 0 radical (unpaired) electrons. The molecule has 0 heterocycles. The summed E-state index contributed by atoms with van der Waals surface area (Å²) in [6, 6.07) is 0. The van der Waals surface area contributed by atoms with Crippen LogP contribution in [0.15, 0.2) is 0 Å². The smallest absolute Gasteiger partial charge is 0.123 e. The van der Waals surface area contributed by atoms with Gasteiger partial charge in [0, 0.05) is 11.2 Å². The minimum absolute atomic E-state index is 0.377. The van der Waals surface area contributed by atoms with E-state index in [1.54, 1.807) is 0 Å². The highest BCUT2D eigenvalue weighted by molar-refractivity contribution is 7.80. The van der Waals surface area contributed by atoms with E-state index in [2.05, 4.69) is 12.6 Å². The molecule has 2 aliphatic carbocycles. The van der Waals surface area contributed by atoms with Crippen LogP contribution in [0.3, 0.4) is 0 Å². The van der Waals surface area contributed by atoms with Crippen LogP contribution >= 0.6 is 12.6 Å². The molecule has 15 heavy (non-hydrogen) atoms. The summed E-state index contributed by atoms with van der Waals surface area (Å²) in [5.41, 5.74) is 0. The Kier molecular flexibility index (Phi) is 4.13. The number of carbonyl (C=O) groups is 1. The summed E-state index contributed by atoms with van der Waals surface area (Å²) in [6.45, 7) is 0. The minimum atomic E-state index is 0.377. The van der Waals surface area contributed by atoms with Crippen molar-refractivity contribution >= 4 is 18.9 Å². The lowest BCUT2D eigenvalue weighted by Crippen LogP contribution is -2.26. The molecule has 2 fully saturated rings. The van der Waals surface area contributed by atoms with Crippen LogP contribution in [0.5, 0.6) is 0 Å². The van der Waals surface area contributed by atoms with E-state index in [0.29, 0.717) is 11.2 Å². The summed E-state index contributed by atoms with van der Waals surface area (Å²) < 4.78 is 0. The lowest BCUT2D eigenvalue weighted by molar-refractivity contribution is -0.112. The zero-order chi connectivity index (χ0) is 10.7. The summed E-state index contributed by atoms with van der Waals surface area (Å²) >= 11 is 4.55. The second-order valence-electron chi connectivity index (χ2n) is 5.38. The van der Waals surface area contributed by atoms with Gasteiger partial charge in [-0.1, -0.05) is 0 Å². The van der Waals surface area contributed by atoms with Gasteiger partial charge < -0.3 is 4.79 Å². The third-order valence-corrected chi connectivity index (χ3v) is 4.93. The third-order valence-electron chi connectivity index (χ3n) is 4.42. The molecule has 0 spiro atoms. The lowest BCUT2D eigenvalue weighted by Gasteiger charge is -2.35. The number of hydrogen-bond acceptors (Lipinski definition) is 2. The van der Waals surface area contributed by atoms with Crippen molar-refractivity contribution in [2.45, 2.75) is 56.6 Å². The van der Waals surface area contributed by atoms with Crippen molar-refractivity contribution in [2.24, 2.45) is 17.8 Å². The summed E-state index contributed by atoms with van der Waals surface area (Å²) in [4.78, 5) is 10.7. The average Bonchev–Trinajstić information content (AvgIpc) is 2.30. The first-order valence-electron chi connectivity index (χ1n) is 6.43. The van der Waals surface area contributed by atoms with Gasteiger partial charge in [0.25, 0.3) is 0 Å². The molecule has 0 aliphatic heterocycles. The molecule has 0 aromatic heterocycles. The highest BCUT2D eigenvalue weighted by Gasteiger charge is 2.29. The maximum Gasteiger partial charge on any atom is 0.123 e. The van der Waals surface area contributed by atoms with Crippen molar-refractivity contribution in [3.05, 3.63) is 0 Å². The van der Waals surface area contributed by atoms with Crippen LogP contribution in [0.4, 0.5) is 0 Å². The molecule has 1 nitrogen and oxygen atoms in total. The molecular weight excluding hydrogens is 204 g/mol.